The van der Waals surface area contributed by atoms with Gasteiger partial charge in [-0.25, -0.2) is 9.97 Å². The monoisotopic (exact) mass is 181 g/mol. The van der Waals surface area contributed by atoms with E-state index in [9.17, 15) is 0 Å². The lowest BCUT2D eigenvalue weighted by molar-refractivity contribution is 0.230. The van der Waals surface area contributed by atoms with E-state index in [-0.39, 0.29) is 6.10 Å². The molecule has 0 saturated carbocycles. The molecule has 0 aliphatic heterocycles. The van der Waals surface area contributed by atoms with Crippen LogP contribution in [-0.4, -0.2) is 23.1 Å². The Kier molecular flexibility index (Phi) is 3.06. The second kappa shape index (κ2) is 4.07. The van der Waals surface area contributed by atoms with E-state index in [4.69, 9.17) is 4.74 Å². The molecule has 0 radical (unpaired) electrons. The summed E-state index contributed by atoms with van der Waals surface area (Å²) in [5.74, 6) is 1.46. The van der Waals surface area contributed by atoms with Crippen molar-refractivity contribution in [2.24, 2.45) is 0 Å². The lowest BCUT2D eigenvalue weighted by Gasteiger charge is -2.12. The molecule has 0 fully saturated rings. The second-order valence-electron chi connectivity index (χ2n) is 3.07. The Hall–Kier alpha value is -1.32. The first-order chi connectivity index (χ1) is 6.15. The van der Waals surface area contributed by atoms with Gasteiger partial charge in [0.2, 0.25) is 5.88 Å². The number of aromatic nitrogens is 2. The lowest BCUT2D eigenvalue weighted by atomic mass is 10.3. The number of rotatable bonds is 3. The highest BCUT2D eigenvalue weighted by atomic mass is 16.5. The summed E-state index contributed by atoms with van der Waals surface area (Å²) in [6.07, 6.45) is 1.63. The van der Waals surface area contributed by atoms with Crippen molar-refractivity contribution >= 4 is 5.82 Å². The number of hydrogen-bond donors (Lipinski definition) is 1. The third kappa shape index (κ3) is 2.31. The minimum absolute atomic E-state index is 0.137. The molecule has 13 heavy (non-hydrogen) atoms. The molecule has 1 aromatic rings. The van der Waals surface area contributed by atoms with Crippen molar-refractivity contribution in [2.45, 2.75) is 26.9 Å². The minimum atomic E-state index is 0.137. The lowest BCUT2D eigenvalue weighted by Crippen LogP contribution is -2.09. The van der Waals surface area contributed by atoms with Gasteiger partial charge in [0.1, 0.15) is 12.1 Å². The van der Waals surface area contributed by atoms with E-state index in [1.165, 1.54) is 6.33 Å². The summed E-state index contributed by atoms with van der Waals surface area (Å²) in [4.78, 5) is 8.12. The third-order valence-corrected chi connectivity index (χ3v) is 1.62. The van der Waals surface area contributed by atoms with Crippen molar-refractivity contribution in [3.8, 4) is 5.88 Å². The summed E-state index contributed by atoms with van der Waals surface area (Å²) in [6, 6.07) is 0. The highest BCUT2D eigenvalue weighted by Gasteiger charge is 2.07. The summed E-state index contributed by atoms with van der Waals surface area (Å²) >= 11 is 0. The van der Waals surface area contributed by atoms with E-state index >= 15 is 0 Å². The summed E-state index contributed by atoms with van der Waals surface area (Å²) in [5.41, 5.74) is 0.943. The van der Waals surface area contributed by atoms with Crippen LogP contribution in [-0.2, 0) is 0 Å². The summed E-state index contributed by atoms with van der Waals surface area (Å²) < 4.78 is 5.50. The smallest absolute Gasteiger partial charge is 0.221 e. The molecule has 0 bridgehead atoms. The Bertz CT molecular complexity index is 286. The number of nitrogens with one attached hydrogen (secondary N) is 1. The molecule has 0 atom stereocenters. The van der Waals surface area contributed by atoms with Crippen LogP contribution < -0.4 is 10.1 Å². The topological polar surface area (TPSA) is 47.0 Å². The fourth-order valence-electron chi connectivity index (χ4n) is 1.03. The van der Waals surface area contributed by atoms with Crippen molar-refractivity contribution < 1.29 is 4.74 Å². The van der Waals surface area contributed by atoms with Crippen LogP contribution in [0.25, 0.3) is 0 Å². The van der Waals surface area contributed by atoms with Gasteiger partial charge in [-0.15, -0.1) is 0 Å². The Labute approximate surface area is 78.4 Å². The van der Waals surface area contributed by atoms with Crippen LogP contribution in [0.3, 0.4) is 0 Å². The van der Waals surface area contributed by atoms with E-state index < -0.39 is 0 Å². The first kappa shape index (κ1) is 9.77. The Morgan fingerprint density at radius 2 is 2.08 bits per heavy atom. The van der Waals surface area contributed by atoms with E-state index in [0.29, 0.717) is 5.88 Å². The maximum Gasteiger partial charge on any atom is 0.221 e. The molecule has 0 unspecified atom stereocenters. The highest BCUT2D eigenvalue weighted by molar-refractivity contribution is 5.46. The summed E-state index contributed by atoms with van der Waals surface area (Å²) in [5, 5.41) is 2.98. The van der Waals surface area contributed by atoms with E-state index in [1.54, 1.807) is 0 Å². The molecule has 1 rings (SSSR count). The van der Waals surface area contributed by atoms with Crippen LogP contribution in [0.4, 0.5) is 5.82 Å². The van der Waals surface area contributed by atoms with E-state index in [0.717, 1.165) is 11.4 Å². The van der Waals surface area contributed by atoms with E-state index in [1.807, 2.05) is 27.8 Å². The molecule has 1 N–H and O–H groups in total. The Balaban J connectivity index is 2.94. The first-order valence-electron chi connectivity index (χ1n) is 4.31. The Morgan fingerprint density at radius 1 is 1.38 bits per heavy atom. The van der Waals surface area contributed by atoms with Gasteiger partial charge >= 0.3 is 0 Å². The fraction of sp³-hybridized carbons (Fsp3) is 0.556. The van der Waals surface area contributed by atoms with Crippen molar-refractivity contribution in [1.29, 1.82) is 0 Å². The molecule has 0 saturated heterocycles. The standard InChI is InChI=1S/C9H15N3O/c1-6(2)13-9-7(3)8(10-4)11-5-12-9/h5-6H,1-4H3,(H,10,11,12). The van der Waals surface area contributed by atoms with Gasteiger partial charge in [-0.05, 0) is 20.8 Å². The van der Waals surface area contributed by atoms with Crippen molar-refractivity contribution in [1.82, 2.24) is 9.97 Å². The largest absolute Gasteiger partial charge is 0.475 e. The van der Waals surface area contributed by atoms with Gasteiger partial charge in [-0.3, -0.25) is 0 Å². The normalized spacial score (nSPS) is 10.2. The highest BCUT2D eigenvalue weighted by Crippen LogP contribution is 2.20. The SMILES string of the molecule is CNc1ncnc(OC(C)C)c1C. The Morgan fingerprint density at radius 3 is 2.62 bits per heavy atom. The average molecular weight is 181 g/mol. The van der Waals surface area contributed by atoms with E-state index in [2.05, 4.69) is 15.3 Å². The molecular weight excluding hydrogens is 166 g/mol. The predicted octanol–water partition coefficient (Wildman–Crippen LogP) is 1.61. The number of anilines is 1. The molecule has 0 aliphatic rings. The predicted molar refractivity (Wildman–Crippen MR) is 52.1 cm³/mol. The molecule has 4 heteroatoms. The van der Waals surface area contributed by atoms with Gasteiger partial charge in [0.25, 0.3) is 0 Å². The van der Waals surface area contributed by atoms with Gasteiger partial charge in [-0.2, -0.15) is 0 Å². The molecule has 1 heterocycles. The average Bonchev–Trinajstić information content (AvgIpc) is 2.08. The number of nitrogens with zero attached hydrogens (tertiary/aromatic N) is 2. The molecule has 0 amide bonds. The van der Waals surface area contributed by atoms with Crippen LogP contribution in [0.5, 0.6) is 5.88 Å². The molecule has 1 aromatic heterocycles. The molecule has 0 spiro atoms. The zero-order chi connectivity index (χ0) is 9.84. The second-order valence-corrected chi connectivity index (χ2v) is 3.07. The number of hydrogen-bond acceptors (Lipinski definition) is 4. The molecule has 72 valence electrons. The van der Waals surface area contributed by atoms with Crippen LogP contribution in [0.15, 0.2) is 6.33 Å². The minimum Gasteiger partial charge on any atom is -0.475 e. The van der Waals surface area contributed by atoms with Crippen LogP contribution in [0.1, 0.15) is 19.4 Å². The third-order valence-electron chi connectivity index (χ3n) is 1.62. The van der Waals surface area contributed by atoms with Crippen molar-refractivity contribution in [3.05, 3.63) is 11.9 Å². The van der Waals surface area contributed by atoms with Crippen molar-refractivity contribution in [3.63, 3.8) is 0 Å². The first-order valence-corrected chi connectivity index (χ1v) is 4.31. The zero-order valence-corrected chi connectivity index (χ0v) is 8.46. The maximum absolute atomic E-state index is 5.50. The van der Waals surface area contributed by atoms with Gasteiger partial charge < -0.3 is 10.1 Å². The van der Waals surface area contributed by atoms with Crippen molar-refractivity contribution in [2.75, 3.05) is 12.4 Å². The van der Waals surface area contributed by atoms with Gasteiger partial charge in [0.05, 0.1) is 11.7 Å². The van der Waals surface area contributed by atoms with Gasteiger partial charge in [-0.1, -0.05) is 0 Å². The zero-order valence-electron chi connectivity index (χ0n) is 8.46. The fourth-order valence-corrected chi connectivity index (χ4v) is 1.03. The van der Waals surface area contributed by atoms with Crippen LogP contribution >= 0.6 is 0 Å². The molecular formula is C9H15N3O. The van der Waals surface area contributed by atoms with Crippen LogP contribution in [0, 0.1) is 6.92 Å². The van der Waals surface area contributed by atoms with Crippen LogP contribution in [0.2, 0.25) is 0 Å². The van der Waals surface area contributed by atoms with Gasteiger partial charge in [0, 0.05) is 7.05 Å². The maximum atomic E-state index is 5.50. The quantitative estimate of drug-likeness (QED) is 0.769. The molecule has 4 nitrogen and oxygen atoms in total. The number of ether oxygens (including phenoxy) is 1. The summed E-state index contributed by atoms with van der Waals surface area (Å²) in [7, 11) is 1.83. The summed E-state index contributed by atoms with van der Waals surface area (Å²) in [6.45, 7) is 5.88. The van der Waals surface area contributed by atoms with Gasteiger partial charge in [0.15, 0.2) is 0 Å². The molecule has 0 aromatic carbocycles. The molecule has 0 aliphatic carbocycles.